The van der Waals surface area contributed by atoms with Crippen molar-refractivity contribution in [1.29, 1.82) is 0 Å². The predicted octanol–water partition coefficient (Wildman–Crippen LogP) is 5.18. The maximum absolute atomic E-state index is 13.6. The Hall–Kier alpha value is -2.68. The molecule has 0 radical (unpaired) electrons. The van der Waals surface area contributed by atoms with E-state index in [0.717, 1.165) is 4.70 Å². The van der Waals surface area contributed by atoms with Gasteiger partial charge in [0, 0.05) is 0 Å². The second kappa shape index (κ2) is 8.22. The number of benzene rings is 2. The van der Waals surface area contributed by atoms with E-state index >= 15 is 0 Å². The number of sulfone groups is 1. The third-order valence-electron chi connectivity index (χ3n) is 4.56. The first kappa shape index (κ1) is 20.6. The van der Waals surface area contributed by atoms with Crippen molar-refractivity contribution >= 4 is 54.0 Å². The van der Waals surface area contributed by atoms with Gasteiger partial charge in [0.15, 0.2) is 15.0 Å². The standard InChI is InChI=1S/C21H17ClN2O4S2/c1-2-30(26,27)18-11-4-3-8-15(18)20(25)24(13-14-7-6-12-28-14)21-23-19-16(22)9-5-10-17(19)29-21/h3-12H,2,13H2,1H3. The lowest BCUT2D eigenvalue weighted by Crippen LogP contribution is -2.31. The minimum absolute atomic E-state index is 0.00101. The van der Waals surface area contributed by atoms with Crippen molar-refractivity contribution in [3.63, 3.8) is 0 Å². The molecule has 2 aromatic carbocycles. The molecule has 0 aliphatic carbocycles. The van der Waals surface area contributed by atoms with Crippen molar-refractivity contribution in [2.24, 2.45) is 0 Å². The quantitative estimate of drug-likeness (QED) is 0.396. The Balaban J connectivity index is 1.85. The molecule has 2 aromatic heterocycles. The fourth-order valence-corrected chi connectivity index (χ4v) is 5.37. The van der Waals surface area contributed by atoms with E-state index in [2.05, 4.69) is 4.98 Å². The summed E-state index contributed by atoms with van der Waals surface area (Å²) in [5.41, 5.74) is 0.683. The molecule has 2 heterocycles. The van der Waals surface area contributed by atoms with E-state index in [1.807, 2.05) is 12.1 Å². The Kier molecular flexibility index (Phi) is 5.64. The van der Waals surface area contributed by atoms with Gasteiger partial charge in [0.1, 0.15) is 11.3 Å². The van der Waals surface area contributed by atoms with Crippen LogP contribution in [0, 0.1) is 0 Å². The third kappa shape index (κ3) is 3.86. The number of halogens is 1. The van der Waals surface area contributed by atoms with Crippen LogP contribution in [0.25, 0.3) is 10.2 Å². The SMILES string of the molecule is CCS(=O)(=O)c1ccccc1C(=O)N(Cc1ccco1)c1nc2c(Cl)cccc2s1. The summed E-state index contributed by atoms with van der Waals surface area (Å²) < 4.78 is 31.4. The van der Waals surface area contributed by atoms with Crippen LogP contribution in [0.5, 0.6) is 0 Å². The number of rotatable bonds is 6. The van der Waals surface area contributed by atoms with Gasteiger partial charge in [-0.05, 0) is 36.4 Å². The van der Waals surface area contributed by atoms with Gasteiger partial charge in [-0.2, -0.15) is 0 Å². The molecule has 0 N–H and O–H groups in total. The van der Waals surface area contributed by atoms with Gasteiger partial charge in [-0.25, -0.2) is 13.4 Å². The Labute approximate surface area is 182 Å². The van der Waals surface area contributed by atoms with E-state index in [1.54, 1.807) is 37.3 Å². The van der Waals surface area contributed by atoms with Crippen LogP contribution in [0.2, 0.25) is 5.02 Å². The van der Waals surface area contributed by atoms with Crippen LogP contribution in [0.1, 0.15) is 23.0 Å². The summed E-state index contributed by atoms with van der Waals surface area (Å²) in [7, 11) is -3.59. The number of fused-ring (bicyclic) bond motifs is 1. The molecule has 0 bridgehead atoms. The van der Waals surface area contributed by atoms with Crippen LogP contribution in [0.3, 0.4) is 0 Å². The number of carbonyl (C=O) groups is 1. The average molecular weight is 461 g/mol. The number of aromatic nitrogens is 1. The van der Waals surface area contributed by atoms with E-state index in [4.69, 9.17) is 16.0 Å². The van der Waals surface area contributed by atoms with Crippen molar-refractivity contribution in [1.82, 2.24) is 4.98 Å². The van der Waals surface area contributed by atoms with Gasteiger partial charge < -0.3 is 4.42 Å². The first-order valence-electron chi connectivity index (χ1n) is 9.12. The molecule has 0 saturated heterocycles. The molecule has 4 aromatic rings. The number of hydrogen-bond donors (Lipinski definition) is 0. The maximum atomic E-state index is 13.6. The van der Waals surface area contributed by atoms with Crippen molar-refractivity contribution in [2.45, 2.75) is 18.4 Å². The molecule has 0 spiro atoms. The molecule has 0 saturated carbocycles. The highest BCUT2D eigenvalue weighted by atomic mass is 35.5. The van der Waals surface area contributed by atoms with Crippen molar-refractivity contribution < 1.29 is 17.6 Å². The van der Waals surface area contributed by atoms with Crippen LogP contribution in [0.15, 0.2) is 70.2 Å². The Morgan fingerprint density at radius 2 is 1.93 bits per heavy atom. The topological polar surface area (TPSA) is 80.5 Å². The fourth-order valence-electron chi connectivity index (χ4n) is 3.02. The summed E-state index contributed by atoms with van der Waals surface area (Å²) in [5.74, 6) is -0.0367. The number of hydrogen-bond acceptors (Lipinski definition) is 6. The van der Waals surface area contributed by atoms with E-state index in [-0.39, 0.29) is 22.8 Å². The van der Waals surface area contributed by atoms with Gasteiger partial charge in [0.2, 0.25) is 0 Å². The summed E-state index contributed by atoms with van der Waals surface area (Å²) in [5, 5.41) is 0.887. The van der Waals surface area contributed by atoms with Crippen LogP contribution in [-0.4, -0.2) is 25.1 Å². The van der Waals surface area contributed by atoms with E-state index in [0.29, 0.717) is 21.4 Å². The summed E-state index contributed by atoms with van der Waals surface area (Å²) in [6.45, 7) is 1.65. The highest BCUT2D eigenvalue weighted by Crippen LogP contribution is 2.34. The zero-order valence-corrected chi connectivity index (χ0v) is 18.3. The molecule has 0 fully saturated rings. The number of carbonyl (C=O) groups excluding carboxylic acids is 1. The highest BCUT2D eigenvalue weighted by molar-refractivity contribution is 7.91. The lowest BCUT2D eigenvalue weighted by Gasteiger charge is -2.20. The van der Waals surface area contributed by atoms with Gasteiger partial charge in [0.05, 0.1) is 38.7 Å². The Morgan fingerprint density at radius 3 is 2.63 bits per heavy atom. The lowest BCUT2D eigenvalue weighted by atomic mass is 10.2. The molecule has 0 aliphatic rings. The molecule has 1 amide bonds. The van der Waals surface area contributed by atoms with E-state index < -0.39 is 15.7 Å². The normalized spacial score (nSPS) is 11.7. The summed E-state index contributed by atoms with van der Waals surface area (Å²) in [6.07, 6.45) is 1.52. The van der Waals surface area contributed by atoms with Gasteiger partial charge in [0.25, 0.3) is 5.91 Å². The predicted molar refractivity (Wildman–Crippen MR) is 118 cm³/mol. The highest BCUT2D eigenvalue weighted by Gasteiger charge is 2.28. The first-order valence-corrected chi connectivity index (χ1v) is 12.0. The monoisotopic (exact) mass is 460 g/mol. The smallest absolute Gasteiger partial charge is 0.261 e. The van der Waals surface area contributed by atoms with Gasteiger partial charge >= 0.3 is 0 Å². The number of thiazole rings is 1. The second-order valence-corrected chi connectivity index (χ2v) is 10.1. The summed E-state index contributed by atoms with van der Waals surface area (Å²) >= 11 is 7.56. The molecule has 0 unspecified atom stereocenters. The number of nitrogens with zero attached hydrogens (tertiary/aromatic N) is 2. The van der Waals surface area contributed by atoms with E-state index in [9.17, 15) is 13.2 Å². The lowest BCUT2D eigenvalue weighted by molar-refractivity contribution is 0.0980. The Morgan fingerprint density at radius 1 is 1.13 bits per heavy atom. The molecular formula is C21H17ClN2O4S2. The Bertz CT molecular complexity index is 1310. The zero-order chi connectivity index (χ0) is 21.3. The van der Waals surface area contributed by atoms with Crippen molar-refractivity contribution in [3.8, 4) is 0 Å². The molecule has 0 aliphatic heterocycles. The molecule has 9 heteroatoms. The molecule has 6 nitrogen and oxygen atoms in total. The van der Waals surface area contributed by atoms with Crippen LogP contribution < -0.4 is 4.90 Å². The van der Waals surface area contributed by atoms with Crippen LogP contribution >= 0.6 is 22.9 Å². The molecule has 0 atom stereocenters. The molecule has 154 valence electrons. The summed E-state index contributed by atoms with van der Waals surface area (Å²) in [4.78, 5) is 19.5. The number of amides is 1. The molecule has 4 rings (SSSR count). The maximum Gasteiger partial charge on any atom is 0.261 e. The van der Waals surface area contributed by atoms with Crippen molar-refractivity contribution in [3.05, 3.63) is 77.2 Å². The van der Waals surface area contributed by atoms with Gasteiger partial charge in [-0.1, -0.05) is 48.1 Å². The fraction of sp³-hybridized carbons (Fsp3) is 0.143. The molecular weight excluding hydrogens is 444 g/mol. The van der Waals surface area contributed by atoms with Crippen LogP contribution in [0.4, 0.5) is 5.13 Å². The number of para-hydroxylation sites is 1. The van der Waals surface area contributed by atoms with Gasteiger partial charge in [-0.15, -0.1) is 0 Å². The minimum Gasteiger partial charge on any atom is -0.467 e. The third-order valence-corrected chi connectivity index (χ3v) is 7.70. The number of anilines is 1. The van der Waals surface area contributed by atoms with Crippen molar-refractivity contribution in [2.75, 3.05) is 10.7 Å². The second-order valence-electron chi connectivity index (χ2n) is 6.45. The van der Waals surface area contributed by atoms with E-state index in [1.165, 1.54) is 34.6 Å². The first-order chi connectivity index (χ1) is 14.4. The summed E-state index contributed by atoms with van der Waals surface area (Å²) in [6, 6.07) is 15.1. The molecule has 30 heavy (non-hydrogen) atoms. The zero-order valence-electron chi connectivity index (χ0n) is 15.9. The van der Waals surface area contributed by atoms with Crippen LogP contribution in [-0.2, 0) is 16.4 Å². The van der Waals surface area contributed by atoms with Gasteiger partial charge in [-0.3, -0.25) is 9.69 Å². The number of furan rings is 1. The largest absolute Gasteiger partial charge is 0.467 e. The minimum atomic E-state index is -3.59. The average Bonchev–Trinajstić information content (AvgIpc) is 3.42.